The Kier molecular flexibility index (Phi) is 4.79. The third-order valence-electron chi connectivity index (χ3n) is 2.74. The zero-order valence-electron chi connectivity index (χ0n) is 9.73. The topological polar surface area (TPSA) is 29.5 Å². The highest BCUT2D eigenvalue weighted by Gasteiger charge is 2.20. The van der Waals surface area contributed by atoms with Crippen LogP contribution in [-0.4, -0.2) is 18.3 Å². The van der Waals surface area contributed by atoms with Crippen molar-refractivity contribution in [1.82, 2.24) is 0 Å². The van der Waals surface area contributed by atoms with Crippen molar-refractivity contribution in [3.8, 4) is 0 Å². The van der Waals surface area contributed by atoms with E-state index < -0.39 is 6.10 Å². The molecule has 0 radical (unpaired) electrons. The Balaban J connectivity index is 2.82. The van der Waals surface area contributed by atoms with Crippen molar-refractivity contribution < 1.29 is 9.84 Å². The summed E-state index contributed by atoms with van der Waals surface area (Å²) >= 11 is 0. The lowest BCUT2D eigenvalue weighted by molar-refractivity contribution is -0.0182. The van der Waals surface area contributed by atoms with E-state index in [2.05, 4.69) is 6.92 Å². The largest absolute Gasteiger partial charge is 0.386 e. The van der Waals surface area contributed by atoms with Crippen molar-refractivity contribution in [2.75, 3.05) is 7.11 Å². The molecule has 2 nitrogen and oxygen atoms in total. The molecule has 0 aliphatic heterocycles. The van der Waals surface area contributed by atoms with Crippen LogP contribution in [0.1, 0.15) is 37.0 Å². The molecule has 1 aromatic carbocycles. The molecule has 0 bridgehead atoms. The monoisotopic (exact) mass is 208 g/mol. The van der Waals surface area contributed by atoms with E-state index in [4.69, 9.17) is 4.74 Å². The van der Waals surface area contributed by atoms with Gasteiger partial charge in [-0.3, -0.25) is 0 Å². The smallest absolute Gasteiger partial charge is 0.105 e. The predicted molar refractivity (Wildman–Crippen MR) is 61.8 cm³/mol. The van der Waals surface area contributed by atoms with Crippen LogP contribution in [0.25, 0.3) is 0 Å². The summed E-state index contributed by atoms with van der Waals surface area (Å²) < 4.78 is 5.31. The number of aliphatic hydroxyl groups excluding tert-OH is 1. The Labute approximate surface area is 91.9 Å². The molecule has 0 saturated carbocycles. The molecule has 0 fully saturated rings. The fourth-order valence-corrected chi connectivity index (χ4v) is 1.81. The number of benzene rings is 1. The first-order valence-electron chi connectivity index (χ1n) is 5.47. The summed E-state index contributed by atoms with van der Waals surface area (Å²) in [6, 6.07) is 7.90. The van der Waals surface area contributed by atoms with E-state index in [0.29, 0.717) is 0 Å². The fourth-order valence-electron chi connectivity index (χ4n) is 1.81. The van der Waals surface area contributed by atoms with Gasteiger partial charge in [-0.1, -0.05) is 37.6 Å². The molecule has 84 valence electrons. The van der Waals surface area contributed by atoms with Crippen LogP contribution < -0.4 is 0 Å². The first-order chi connectivity index (χ1) is 7.20. The van der Waals surface area contributed by atoms with Crippen LogP contribution in [0.2, 0.25) is 0 Å². The maximum atomic E-state index is 10.2. The molecule has 0 spiro atoms. The average molecular weight is 208 g/mol. The van der Waals surface area contributed by atoms with E-state index >= 15 is 0 Å². The molecule has 0 aliphatic rings. The number of rotatable bonds is 5. The number of hydrogen-bond donors (Lipinski definition) is 1. The minimum atomic E-state index is -0.517. The van der Waals surface area contributed by atoms with Gasteiger partial charge in [0, 0.05) is 7.11 Å². The first kappa shape index (κ1) is 12.2. The van der Waals surface area contributed by atoms with E-state index in [9.17, 15) is 5.11 Å². The molecule has 1 rings (SSSR count). The van der Waals surface area contributed by atoms with E-state index in [0.717, 1.165) is 24.0 Å². The molecule has 1 N–H and O–H groups in total. The number of aryl methyl sites for hydroxylation is 1. The second-order valence-corrected chi connectivity index (χ2v) is 3.86. The van der Waals surface area contributed by atoms with Gasteiger partial charge < -0.3 is 9.84 Å². The van der Waals surface area contributed by atoms with Crippen molar-refractivity contribution >= 4 is 0 Å². The minimum absolute atomic E-state index is 0.101. The summed E-state index contributed by atoms with van der Waals surface area (Å²) in [4.78, 5) is 0. The highest BCUT2D eigenvalue weighted by atomic mass is 16.5. The quantitative estimate of drug-likeness (QED) is 0.806. The fraction of sp³-hybridized carbons (Fsp3) is 0.538. The minimum Gasteiger partial charge on any atom is -0.386 e. The Hall–Kier alpha value is -0.860. The van der Waals surface area contributed by atoms with Crippen LogP contribution in [-0.2, 0) is 4.74 Å². The van der Waals surface area contributed by atoms with Gasteiger partial charge in [-0.15, -0.1) is 0 Å². The molecular formula is C13H20O2. The highest BCUT2D eigenvalue weighted by molar-refractivity contribution is 5.28. The van der Waals surface area contributed by atoms with Gasteiger partial charge in [0.15, 0.2) is 0 Å². The van der Waals surface area contributed by atoms with Gasteiger partial charge in [-0.05, 0) is 24.5 Å². The lowest BCUT2D eigenvalue weighted by atomic mass is 9.97. The SMILES string of the molecule is CCCC(OC)C(O)c1ccccc1C. The molecule has 0 aliphatic carbocycles. The normalized spacial score (nSPS) is 14.9. The van der Waals surface area contributed by atoms with Gasteiger partial charge in [0.05, 0.1) is 6.10 Å². The lowest BCUT2D eigenvalue weighted by Crippen LogP contribution is -2.21. The third kappa shape index (κ3) is 3.05. The second kappa shape index (κ2) is 5.89. The maximum Gasteiger partial charge on any atom is 0.105 e. The van der Waals surface area contributed by atoms with Crippen molar-refractivity contribution in [2.24, 2.45) is 0 Å². The molecule has 15 heavy (non-hydrogen) atoms. The molecule has 2 unspecified atom stereocenters. The lowest BCUT2D eigenvalue weighted by Gasteiger charge is -2.22. The number of aliphatic hydroxyl groups is 1. The molecule has 2 atom stereocenters. The molecule has 1 aromatic rings. The average Bonchev–Trinajstić information content (AvgIpc) is 2.25. The summed E-state index contributed by atoms with van der Waals surface area (Å²) in [6.45, 7) is 4.10. The first-order valence-corrected chi connectivity index (χ1v) is 5.47. The van der Waals surface area contributed by atoms with Crippen molar-refractivity contribution in [2.45, 2.75) is 38.9 Å². The van der Waals surface area contributed by atoms with Crippen LogP contribution in [0.4, 0.5) is 0 Å². The standard InChI is InChI=1S/C13H20O2/c1-4-7-12(15-3)13(14)11-9-6-5-8-10(11)2/h5-6,8-9,12-14H,4,7H2,1-3H3. The van der Waals surface area contributed by atoms with Crippen molar-refractivity contribution in [3.05, 3.63) is 35.4 Å². The molecule has 2 heteroatoms. The van der Waals surface area contributed by atoms with Crippen LogP contribution in [0.5, 0.6) is 0 Å². The maximum absolute atomic E-state index is 10.2. The third-order valence-corrected chi connectivity index (χ3v) is 2.74. The van der Waals surface area contributed by atoms with Gasteiger partial charge >= 0.3 is 0 Å². The Morgan fingerprint density at radius 1 is 1.33 bits per heavy atom. The van der Waals surface area contributed by atoms with Crippen LogP contribution >= 0.6 is 0 Å². The highest BCUT2D eigenvalue weighted by Crippen LogP contribution is 2.24. The zero-order valence-corrected chi connectivity index (χ0v) is 9.73. The van der Waals surface area contributed by atoms with Gasteiger partial charge in [-0.25, -0.2) is 0 Å². The van der Waals surface area contributed by atoms with E-state index in [1.54, 1.807) is 7.11 Å². The van der Waals surface area contributed by atoms with Crippen LogP contribution in [0.3, 0.4) is 0 Å². The molecule has 0 heterocycles. The molecule has 0 saturated heterocycles. The molecule has 0 aromatic heterocycles. The molecular weight excluding hydrogens is 188 g/mol. The van der Waals surface area contributed by atoms with Crippen LogP contribution in [0.15, 0.2) is 24.3 Å². The van der Waals surface area contributed by atoms with Gasteiger partial charge in [0.2, 0.25) is 0 Å². The number of ether oxygens (including phenoxy) is 1. The van der Waals surface area contributed by atoms with E-state index in [1.807, 2.05) is 31.2 Å². The predicted octanol–water partition coefficient (Wildman–Crippen LogP) is 2.84. The van der Waals surface area contributed by atoms with Gasteiger partial charge in [0.25, 0.3) is 0 Å². The van der Waals surface area contributed by atoms with E-state index in [1.165, 1.54) is 0 Å². The Bertz CT molecular complexity index is 296. The van der Waals surface area contributed by atoms with Crippen LogP contribution in [0, 0.1) is 6.92 Å². The summed E-state index contributed by atoms with van der Waals surface area (Å²) in [6.07, 6.45) is 1.28. The summed E-state index contributed by atoms with van der Waals surface area (Å²) in [5.74, 6) is 0. The van der Waals surface area contributed by atoms with Crippen molar-refractivity contribution in [1.29, 1.82) is 0 Å². The van der Waals surface area contributed by atoms with Gasteiger partial charge in [0.1, 0.15) is 6.10 Å². The summed E-state index contributed by atoms with van der Waals surface area (Å²) in [5.41, 5.74) is 2.08. The number of hydrogen-bond acceptors (Lipinski definition) is 2. The van der Waals surface area contributed by atoms with Gasteiger partial charge in [-0.2, -0.15) is 0 Å². The van der Waals surface area contributed by atoms with Crippen molar-refractivity contribution in [3.63, 3.8) is 0 Å². The van der Waals surface area contributed by atoms with E-state index in [-0.39, 0.29) is 6.10 Å². The number of methoxy groups -OCH3 is 1. The Morgan fingerprint density at radius 2 is 2.00 bits per heavy atom. The molecule has 0 amide bonds. The zero-order chi connectivity index (χ0) is 11.3. The summed E-state index contributed by atoms with van der Waals surface area (Å²) in [7, 11) is 1.65. The second-order valence-electron chi connectivity index (χ2n) is 3.86. The Morgan fingerprint density at radius 3 is 2.53 bits per heavy atom. The summed E-state index contributed by atoms with van der Waals surface area (Å²) in [5, 5.41) is 10.2.